The Morgan fingerprint density at radius 3 is 1.55 bits per heavy atom. The molecule has 6 heteroatoms. The zero-order valence-electron chi connectivity index (χ0n) is 5.55. The maximum absolute atomic E-state index is 12.0. The third-order valence-corrected chi connectivity index (χ3v) is 1.05. The van der Waals surface area contributed by atoms with Crippen molar-refractivity contribution in [1.29, 1.82) is 0 Å². The molecule has 68 valence electrons. The quantitative estimate of drug-likeness (QED) is 0.585. The van der Waals surface area contributed by atoms with Crippen LogP contribution in [0.2, 0.25) is 0 Å². The second-order valence-electron chi connectivity index (χ2n) is 2.19. The van der Waals surface area contributed by atoms with E-state index in [9.17, 15) is 26.3 Å². The van der Waals surface area contributed by atoms with Crippen LogP contribution in [0.3, 0.4) is 0 Å². The molecule has 0 N–H and O–H groups in total. The Bertz CT molecular complexity index is 123. The van der Waals surface area contributed by atoms with E-state index in [0.717, 1.165) is 0 Å². The van der Waals surface area contributed by atoms with Crippen LogP contribution in [-0.2, 0) is 0 Å². The van der Waals surface area contributed by atoms with Crippen molar-refractivity contribution in [1.82, 2.24) is 0 Å². The Kier molecular flexibility index (Phi) is 2.79. The standard InChI is InChI=1S/C5H6F6/c1-4(8,9)5(10,11)2-3(6)7/h3H,2H2,1H3. The molecule has 0 rings (SSSR count). The first kappa shape index (κ1) is 10.6. The van der Waals surface area contributed by atoms with Gasteiger partial charge in [-0.15, -0.1) is 0 Å². The summed E-state index contributed by atoms with van der Waals surface area (Å²) in [6.45, 7) is -0.0879. The number of halogens is 6. The predicted octanol–water partition coefficient (Wildman–Crippen LogP) is 2.93. The van der Waals surface area contributed by atoms with E-state index < -0.39 is 24.7 Å². The molecule has 0 aliphatic rings. The summed E-state index contributed by atoms with van der Waals surface area (Å²) in [6, 6.07) is 0. The molecule has 0 aliphatic carbocycles. The largest absolute Gasteiger partial charge is 0.315 e. The van der Waals surface area contributed by atoms with Gasteiger partial charge in [0.2, 0.25) is 6.43 Å². The summed E-state index contributed by atoms with van der Waals surface area (Å²) >= 11 is 0. The summed E-state index contributed by atoms with van der Waals surface area (Å²) in [5.74, 6) is -9.01. The number of hydrogen-bond donors (Lipinski definition) is 0. The van der Waals surface area contributed by atoms with Crippen LogP contribution >= 0.6 is 0 Å². The van der Waals surface area contributed by atoms with E-state index in [0.29, 0.717) is 0 Å². The lowest BCUT2D eigenvalue weighted by atomic mass is 10.1. The highest BCUT2D eigenvalue weighted by Crippen LogP contribution is 2.37. The molecule has 0 heterocycles. The summed E-state index contributed by atoms with van der Waals surface area (Å²) in [5, 5.41) is 0. The van der Waals surface area contributed by atoms with E-state index >= 15 is 0 Å². The topological polar surface area (TPSA) is 0 Å². The zero-order valence-corrected chi connectivity index (χ0v) is 5.55. The molecule has 0 amide bonds. The number of alkyl halides is 6. The molecular weight excluding hydrogens is 174 g/mol. The molecule has 0 aromatic heterocycles. The highest BCUT2D eigenvalue weighted by molar-refractivity contribution is 4.80. The number of hydrogen-bond acceptors (Lipinski definition) is 0. The van der Waals surface area contributed by atoms with Crippen molar-refractivity contribution in [3.05, 3.63) is 0 Å². The van der Waals surface area contributed by atoms with E-state index in [1.54, 1.807) is 0 Å². The summed E-state index contributed by atoms with van der Waals surface area (Å²) in [5.41, 5.74) is 0. The molecule has 0 fully saturated rings. The lowest BCUT2D eigenvalue weighted by Crippen LogP contribution is -2.39. The minimum atomic E-state index is -4.62. The van der Waals surface area contributed by atoms with Crippen molar-refractivity contribution in [2.75, 3.05) is 0 Å². The van der Waals surface area contributed by atoms with Crippen LogP contribution in [0.5, 0.6) is 0 Å². The maximum atomic E-state index is 12.0. The minimum Gasteiger partial charge on any atom is -0.210 e. The van der Waals surface area contributed by atoms with Crippen molar-refractivity contribution in [3.63, 3.8) is 0 Å². The first-order chi connectivity index (χ1) is 4.67. The van der Waals surface area contributed by atoms with E-state index in [-0.39, 0.29) is 6.92 Å². The van der Waals surface area contributed by atoms with Crippen molar-refractivity contribution in [2.45, 2.75) is 31.6 Å². The van der Waals surface area contributed by atoms with E-state index in [2.05, 4.69) is 0 Å². The van der Waals surface area contributed by atoms with Crippen molar-refractivity contribution in [2.24, 2.45) is 0 Å². The predicted molar refractivity (Wildman–Crippen MR) is 26.2 cm³/mol. The molecule has 0 unspecified atom stereocenters. The molecular formula is C5H6F6. The Hall–Kier alpha value is -0.420. The highest BCUT2D eigenvalue weighted by Gasteiger charge is 2.53. The molecule has 0 spiro atoms. The fourth-order valence-corrected chi connectivity index (χ4v) is 0.373. The van der Waals surface area contributed by atoms with Crippen LogP contribution in [0.4, 0.5) is 26.3 Å². The van der Waals surface area contributed by atoms with Gasteiger partial charge in [-0.2, -0.15) is 8.78 Å². The SMILES string of the molecule is CC(F)(F)C(F)(F)CC(F)F. The van der Waals surface area contributed by atoms with Crippen LogP contribution in [0.15, 0.2) is 0 Å². The molecule has 0 bridgehead atoms. The smallest absolute Gasteiger partial charge is 0.210 e. The highest BCUT2D eigenvalue weighted by atomic mass is 19.3. The summed E-state index contributed by atoms with van der Waals surface area (Å²) < 4.78 is 70.0. The molecule has 0 aromatic rings. The van der Waals surface area contributed by atoms with E-state index in [1.807, 2.05) is 0 Å². The molecule has 0 saturated heterocycles. The van der Waals surface area contributed by atoms with E-state index in [1.165, 1.54) is 0 Å². The average molecular weight is 180 g/mol. The van der Waals surface area contributed by atoms with Gasteiger partial charge in [0.15, 0.2) is 0 Å². The first-order valence-corrected chi connectivity index (χ1v) is 2.70. The third-order valence-electron chi connectivity index (χ3n) is 1.05. The Morgan fingerprint density at radius 1 is 1.09 bits per heavy atom. The van der Waals surface area contributed by atoms with Crippen molar-refractivity contribution >= 4 is 0 Å². The molecule has 0 aliphatic heterocycles. The van der Waals surface area contributed by atoms with Gasteiger partial charge in [-0.3, -0.25) is 0 Å². The molecule has 0 aromatic carbocycles. The Labute approximate surface area is 59.2 Å². The van der Waals surface area contributed by atoms with Gasteiger partial charge in [-0.25, -0.2) is 17.6 Å². The second kappa shape index (κ2) is 2.91. The van der Waals surface area contributed by atoms with Crippen LogP contribution in [0.1, 0.15) is 13.3 Å². The third kappa shape index (κ3) is 2.98. The van der Waals surface area contributed by atoms with Crippen LogP contribution < -0.4 is 0 Å². The van der Waals surface area contributed by atoms with Gasteiger partial charge in [0.05, 0.1) is 6.42 Å². The summed E-state index contributed by atoms with van der Waals surface area (Å²) in [4.78, 5) is 0. The van der Waals surface area contributed by atoms with Gasteiger partial charge in [0.1, 0.15) is 0 Å². The maximum Gasteiger partial charge on any atom is 0.315 e. The van der Waals surface area contributed by atoms with Crippen LogP contribution in [-0.4, -0.2) is 18.3 Å². The van der Waals surface area contributed by atoms with Crippen LogP contribution in [0.25, 0.3) is 0 Å². The average Bonchev–Trinajstić information content (AvgIpc) is 1.56. The minimum absolute atomic E-state index is 0.0879. The second-order valence-corrected chi connectivity index (χ2v) is 2.19. The van der Waals surface area contributed by atoms with Crippen LogP contribution in [0, 0.1) is 0 Å². The number of rotatable bonds is 3. The van der Waals surface area contributed by atoms with Gasteiger partial charge in [0.25, 0.3) is 0 Å². The van der Waals surface area contributed by atoms with Gasteiger partial charge in [0, 0.05) is 6.92 Å². The van der Waals surface area contributed by atoms with Gasteiger partial charge in [-0.1, -0.05) is 0 Å². The normalized spacial score (nSPS) is 14.2. The lowest BCUT2D eigenvalue weighted by molar-refractivity contribution is -0.213. The van der Waals surface area contributed by atoms with Gasteiger partial charge in [-0.05, 0) is 0 Å². The summed E-state index contributed by atoms with van der Waals surface area (Å²) in [7, 11) is 0. The lowest BCUT2D eigenvalue weighted by Gasteiger charge is -2.22. The van der Waals surface area contributed by atoms with Gasteiger partial charge >= 0.3 is 11.8 Å². The van der Waals surface area contributed by atoms with Crippen molar-refractivity contribution < 1.29 is 26.3 Å². The Morgan fingerprint density at radius 2 is 1.45 bits per heavy atom. The van der Waals surface area contributed by atoms with Crippen molar-refractivity contribution in [3.8, 4) is 0 Å². The monoisotopic (exact) mass is 180 g/mol. The molecule has 0 radical (unpaired) electrons. The summed E-state index contributed by atoms with van der Waals surface area (Å²) in [6.07, 6.45) is -5.52. The van der Waals surface area contributed by atoms with E-state index in [4.69, 9.17) is 0 Å². The molecule has 0 saturated carbocycles. The molecule has 11 heavy (non-hydrogen) atoms. The fraction of sp³-hybridized carbons (Fsp3) is 1.00. The Balaban J connectivity index is 4.22. The first-order valence-electron chi connectivity index (χ1n) is 2.70. The molecule has 0 nitrogen and oxygen atoms in total. The van der Waals surface area contributed by atoms with Gasteiger partial charge < -0.3 is 0 Å². The molecule has 0 atom stereocenters. The zero-order chi connectivity index (χ0) is 9.28. The fourth-order valence-electron chi connectivity index (χ4n) is 0.373.